The third-order valence-electron chi connectivity index (χ3n) is 2.52. The monoisotopic (exact) mass is 232 g/mol. The maximum atomic E-state index is 9.72. The second-order valence-electron chi connectivity index (χ2n) is 3.57. The summed E-state index contributed by atoms with van der Waals surface area (Å²) < 4.78 is 0.679. The zero-order valence-electron chi connectivity index (χ0n) is 7.74. The van der Waals surface area contributed by atoms with E-state index < -0.39 is 0 Å². The Hall–Kier alpha value is -0.320. The average molecular weight is 233 g/mol. The highest BCUT2D eigenvalue weighted by molar-refractivity contribution is 7.19. The molecule has 2 N–H and O–H groups in total. The van der Waals surface area contributed by atoms with Crippen LogP contribution in [0.5, 0.6) is 0 Å². The van der Waals surface area contributed by atoms with Gasteiger partial charge in [-0.15, -0.1) is 0 Å². The summed E-state index contributed by atoms with van der Waals surface area (Å²) in [6, 6.07) is 0.144. The van der Waals surface area contributed by atoms with Gasteiger partial charge in [0.2, 0.25) is 0 Å². The Kier molecular flexibility index (Phi) is 3.26. The van der Waals surface area contributed by atoms with E-state index in [2.05, 4.69) is 10.3 Å². The Morgan fingerprint density at radius 1 is 1.50 bits per heavy atom. The minimum Gasteiger partial charge on any atom is -0.391 e. The highest BCUT2D eigenvalue weighted by Crippen LogP contribution is 2.27. The van der Waals surface area contributed by atoms with Crippen LogP contribution in [0.3, 0.4) is 0 Å². The van der Waals surface area contributed by atoms with Crippen molar-refractivity contribution in [2.75, 3.05) is 5.32 Å². The Bertz CT molecular complexity index is 305. The average Bonchev–Trinajstić information content (AvgIpc) is 2.56. The van der Waals surface area contributed by atoms with Crippen molar-refractivity contribution in [1.29, 1.82) is 0 Å². The molecule has 2 rings (SSSR count). The molecule has 14 heavy (non-hydrogen) atoms. The molecular formula is C9H13ClN2OS. The molecule has 2 atom stereocenters. The van der Waals surface area contributed by atoms with E-state index in [-0.39, 0.29) is 12.1 Å². The number of hydrogen-bond donors (Lipinski definition) is 2. The summed E-state index contributed by atoms with van der Waals surface area (Å²) in [7, 11) is 0. The molecule has 0 aromatic carbocycles. The van der Waals surface area contributed by atoms with E-state index in [1.165, 1.54) is 17.8 Å². The number of aliphatic hydroxyl groups excluding tert-OH is 1. The van der Waals surface area contributed by atoms with Crippen LogP contribution >= 0.6 is 22.9 Å². The lowest BCUT2D eigenvalue weighted by molar-refractivity contribution is 0.116. The first-order valence-corrected chi connectivity index (χ1v) is 6.01. The Morgan fingerprint density at radius 3 is 2.93 bits per heavy atom. The first-order chi connectivity index (χ1) is 6.75. The molecule has 1 aliphatic carbocycles. The fraction of sp³-hybridized carbons (Fsp3) is 0.667. The smallest absolute Gasteiger partial charge is 0.184 e. The van der Waals surface area contributed by atoms with Crippen molar-refractivity contribution in [2.45, 2.75) is 37.8 Å². The summed E-state index contributed by atoms with van der Waals surface area (Å²) in [4.78, 5) is 4.11. The molecule has 1 aliphatic rings. The lowest BCUT2D eigenvalue weighted by atomic mass is 9.93. The molecule has 1 saturated carbocycles. The zero-order chi connectivity index (χ0) is 9.97. The van der Waals surface area contributed by atoms with Crippen molar-refractivity contribution < 1.29 is 5.11 Å². The van der Waals surface area contributed by atoms with Crippen LogP contribution in [0.25, 0.3) is 0 Å². The van der Waals surface area contributed by atoms with Gasteiger partial charge >= 0.3 is 0 Å². The number of nitrogens with zero attached hydrogens (tertiary/aromatic N) is 1. The van der Waals surface area contributed by atoms with Gasteiger partial charge < -0.3 is 10.4 Å². The Balaban J connectivity index is 1.95. The first-order valence-electron chi connectivity index (χ1n) is 4.81. The standard InChI is InChI=1S/C9H13ClN2OS/c10-8-5-11-9(14-8)12-6-3-1-2-4-7(6)13/h5-7,13H,1-4H2,(H,11,12). The lowest BCUT2D eigenvalue weighted by Crippen LogP contribution is -2.36. The van der Waals surface area contributed by atoms with E-state index in [9.17, 15) is 5.11 Å². The molecule has 1 aromatic rings. The second-order valence-corrected chi connectivity index (χ2v) is 5.23. The van der Waals surface area contributed by atoms with Crippen molar-refractivity contribution in [2.24, 2.45) is 0 Å². The normalized spacial score (nSPS) is 27.6. The minimum absolute atomic E-state index is 0.144. The number of halogens is 1. The summed E-state index contributed by atoms with van der Waals surface area (Å²) >= 11 is 7.18. The van der Waals surface area contributed by atoms with E-state index in [1.807, 2.05) is 0 Å². The van der Waals surface area contributed by atoms with Gasteiger partial charge in [0.1, 0.15) is 4.34 Å². The number of nitrogens with one attached hydrogen (secondary N) is 1. The molecule has 1 heterocycles. The van der Waals surface area contributed by atoms with Gasteiger partial charge in [-0.3, -0.25) is 0 Å². The van der Waals surface area contributed by atoms with Crippen LogP contribution in [-0.4, -0.2) is 22.2 Å². The third-order valence-corrected chi connectivity index (χ3v) is 3.56. The second kappa shape index (κ2) is 4.47. The molecule has 0 radical (unpaired) electrons. The van der Waals surface area contributed by atoms with Crippen LogP contribution in [0.1, 0.15) is 25.7 Å². The van der Waals surface area contributed by atoms with Crippen LogP contribution in [0.4, 0.5) is 5.13 Å². The van der Waals surface area contributed by atoms with Gasteiger partial charge in [-0.25, -0.2) is 4.98 Å². The number of hydrogen-bond acceptors (Lipinski definition) is 4. The fourth-order valence-electron chi connectivity index (χ4n) is 1.76. The minimum atomic E-state index is -0.244. The molecule has 1 fully saturated rings. The quantitative estimate of drug-likeness (QED) is 0.824. The van der Waals surface area contributed by atoms with Gasteiger partial charge in [0.15, 0.2) is 5.13 Å². The topological polar surface area (TPSA) is 45.1 Å². The van der Waals surface area contributed by atoms with Crippen LogP contribution < -0.4 is 5.32 Å². The molecule has 0 bridgehead atoms. The van der Waals surface area contributed by atoms with E-state index >= 15 is 0 Å². The van der Waals surface area contributed by atoms with Crippen molar-refractivity contribution in [3.8, 4) is 0 Å². The predicted octanol–water partition coefficient (Wildman–Crippen LogP) is 2.51. The summed E-state index contributed by atoms with van der Waals surface area (Å²) in [5, 5.41) is 13.7. The number of aliphatic hydroxyl groups is 1. The van der Waals surface area contributed by atoms with Gasteiger partial charge in [0, 0.05) is 0 Å². The Labute approximate surface area is 92.1 Å². The number of rotatable bonds is 2. The largest absolute Gasteiger partial charge is 0.391 e. The van der Waals surface area contributed by atoms with Crippen molar-refractivity contribution in [3.63, 3.8) is 0 Å². The van der Waals surface area contributed by atoms with Crippen molar-refractivity contribution in [1.82, 2.24) is 4.98 Å². The third kappa shape index (κ3) is 2.38. The summed E-state index contributed by atoms with van der Waals surface area (Å²) in [5.41, 5.74) is 0. The summed E-state index contributed by atoms with van der Waals surface area (Å²) in [6.07, 6.45) is 5.58. The van der Waals surface area contributed by atoms with Gasteiger partial charge in [-0.2, -0.15) is 0 Å². The predicted molar refractivity (Wildman–Crippen MR) is 59.0 cm³/mol. The van der Waals surface area contributed by atoms with E-state index in [0.29, 0.717) is 4.34 Å². The number of thiazole rings is 1. The molecular weight excluding hydrogens is 220 g/mol. The zero-order valence-corrected chi connectivity index (χ0v) is 9.31. The molecule has 0 amide bonds. The van der Waals surface area contributed by atoms with Gasteiger partial charge in [-0.05, 0) is 12.8 Å². The maximum Gasteiger partial charge on any atom is 0.184 e. The molecule has 3 nitrogen and oxygen atoms in total. The van der Waals surface area contributed by atoms with Crippen LogP contribution in [-0.2, 0) is 0 Å². The van der Waals surface area contributed by atoms with Crippen LogP contribution in [0, 0.1) is 0 Å². The molecule has 0 saturated heterocycles. The molecule has 1 aromatic heterocycles. The molecule has 5 heteroatoms. The highest BCUT2D eigenvalue weighted by atomic mass is 35.5. The van der Waals surface area contributed by atoms with Gasteiger partial charge in [-0.1, -0.05) is 35.8 Å². The molecule has 78 valence electrons. The fourth-order valence-corrected chi connectivity index (χ4v) is 2.63. The number of anilines is 1. The van der Waals surface area contributed by atoms with Crippen LogP contribution in [0.2, 0.25) is 4.34 Å². The molecule has 0 aliphatic heterocycles. The maximum absolute atomic E-state index is 9.72. The van der Waals surface area contributed by atoms with Crippen LogP contribution in [0.15, 0.2) is 6.20 Å². The van der Waals surface area contributed by atoms with Crippen molar-refractivity contribution >= 4 is 28.1 Å². The summed E-state index contributed by atoms with van der Waals surface area (Å²) in [5.74, 6) is 0. The van der Waals surface area contributed by atoms with Gasteiger partial charge in [0.05, 0.1) is 18.3 Å². The lowest BCUT2D eigenvalue weighted by Gasteiger charge is -2.27. The summed E-state index contributed by atoms with van der Waals surface area (Å²) in [6.45, 7) is 0. The van der Waals surface area contributed by atoms with Crippen molar-refractivity contribution in [3.05, 3.63) is 10.5 Å². The van der Waals surface area contributed by atoms with Gasteiger partial charge in [0.25, 0.3) is 0 Å². The molecule has 2 unspecified atom stereocenters. The molecule has 0 spiro atoms. The van der Waals surface area contributed by atoms with E-state index in [0.717, 1.165) is 24.4 Å². The van der Waals surface area contributed by atoms with E-state index in [1.54, 1.807) is 6.20 Å². The Morgan fingerprint density at radius 2 is 2.29 bits per heavy atom. The first kappa shape index (κ1) is 10.2. The van der Waals surface area contributed by atoms with E-state index in [4.69, 9.17) is 11.6 Å². The SMILES string of the molecule is OC1CCCCC1Nc1ncc(Cl)s1. The highest BCUT2D eigenvalue weighted by Gasteiger charge is 2.23. The number of aromatic nitrogens is 1.